The number of ether oxygens (including phenoxy) is 3. The molecule has 0 saturated carbocycles. The fraction of sp³-hybridized carbons (Fsp3) is 0.857. The lowest BCUT2D eigenvalue weighted by Crippen LogP contribution is -2.38. The van der Waals surface area contributed by atoms with Gasteiger partial charge in [-0.25, -0.2) is 0 Å². The minimum atomic E-state index is -4.04. The largest absolute Gasteiger partial charge is 0.777 e. The topological polar surface area (TPSA) is 77.1 Å². The van der Waals surface area contributed by atoms with Gasteiger partial charge < -0.3 is 32.7 Å². The third-order valence-corrected chi connectivity index (χ3v) is 4.31. The van der Waals surface area contributed by atoms with Gasteiger partial charge in [0.2, 0.25) is 0 Å². The molecule has 4 radical (unpaired) electrons. The standard InChI is InChI=1S/C14H28NO6P/c1-7-14(10-18-5,11-19-6)12-20-13-22(16,17)21-9-8-15(2,3)4/h5-6H,7-13H2,1-4H3. The van der Waals surface area contributed by atoms with E-state index in [0.29, 0.717) is 17.4 Å². The number of rotatable bonds is 13. The molecule has 0 aliphatic heterocycles. The molecule has 130 valence electrons. The van der Waals surface area contributed by atoms with E-state index in [1.165, 1.54) is 0 Å². The van der Waals surface area contributed by atoms with Crippen LogP contribution in [0.2, 0.25) is 0 Å². The molecule has 0 bridgehead atoms. The second-order valence-electron chi connectivity index (χ2n) is 6.41. The number of hydrogen-bond donors (Lipinski definition) is 0. The van der Waals surface area contributed by atoms with Crippen LogP contribution < -0.4 is 4.89 Å². The molecule has 0 N–H and O–H groups in total. The summed E-state index contributed by atoms with van der Waals surface area (Å²) >= 11 is 0. The highest BCUT2D eigenvalue weighted by atomic mass is 31.2. The average molecular weight is 337 g/mol. The van der Waals surface area contributed by atoms with Gasteiger partial charge >= 0.3 is 0 Å². The van der Waals surface area contributed by atoms with E-state index in [2.05, 4.69) is 9.47 Å². The Labute approximate surface area is 134 Å². The van der Waals surface area contributed by atoms with Gasteiger partial charge in [0.15, 0.2) is 7.60 Å². The molecule has 1 atom stereocenters. The zero-order valence-corrected chi connectivity index (χ0v) is 14.8. The Morgan fingerprint density at radius 2 is 1.68 bits per heavy atom. The lowest BCUT2D eigenvalue weighted by Gasteiger charge is -2.32. The first-order valence-electron chi connectivity index (χ1n) is 7.06. The molecule has 0 aromatic carbocycles. The monoisotopic (exact) mass is 337 g/mol. The Bertz CT molecular complexity index is 339. The van der Waals surface area contributed by atoms with Crippen molar-refractivity contribution in [2.45, 2.75) is 13.3 Å². The van der Waals surface area contributed by atoms with Gasteiger partial charge in [0.05, 0.1) is 41.0 Å². The lowest BCUT2D eigenvalue weighted by molar-refractivity contribution is -0.870. The highest BCUT2D eigenvalue weighted by Crippen LogP contribution is 2.37. The van der Waals surface area contributed by atoms with Gasteiger partial charge in [0, 0.05) is 5.41 Å². The van der Waals surface area contributed by atoms with Crippen LogP contribution in [0.25, 0.3) is 0 Å². The molecule has 0 aliphatic carbocycles. The summed E-state index contributed by atoms with van der Waals surface area (Å²) in [6, 6.07) is 0. The average Bonchev–Trinajstić information content (AvgIpc) is 2.37. The number of nitrogens with zero attached hydrogens (tertiary/aromatic N) is 1. The summed E-state index contributed by atoms with van der Waals surface area (Å²) in [5.41, 5.74) is -0.591. The normalized spacial score (nSPS) is 15.8. The maximum atomic E-state index is 11.8. The van der Waals surface area contributed by atoms with Crippen LogP contribution >= 0.6 is 7.60 Å². The molecule has 0 heterocycles. The summed E-state index contributed by atoms with van der Waals surface area (Å²) < 4.78 is 31.8. The minimum absolute atomic E-state index is 0.0861. The van der Waals surface area contributed by atoms with E-state index >= 15 is 0 Å². The summed E-state index contributed by atoms with van der Waals surface area (Å²) in [5.74, 6) is 0. The Morgan fingerprint density at radius 3 is 2.09 bits per heavy atom. The quantitative estimate of drug-likeness (QED) is 0.369. The van der Waals surface area contributed by atoms with Crippen molar-refractivity contribution in [1.29, 1.82) is 0 Å². The van der Waals surface area contributed by atoms with Crippen LogP contribution in [-0.4, -0.2) is 64.9 Å². The van der Waals surface area contributed by atoms with E-state index in [-0.39, 0.29) is 26.4 Å². The van der Waals surface area contributed by atoms with E-state index in [9.17, 15) is 9.46 Å². The van der Waals surface area contributed by atoms with Crippen molar-refractivity contribution in [2.75, 3.05) is 60.5 Å². The first-order chi connectivity index (χ1) is 10.1. The van der Waals surface area contributed by atoms with E-state index in [1.54, 1.807) is 0 Å². The number of hydrogen-bond acceptors (Lipinski definition) is 6. The van der Waals surface area contributed by atoms with E-state index < -0.39 is 19.4 Å². The predicted molar refractivity (Wildman–Crippen MR) is 80.5 cm³/mol. The lowest BCUT2D eigenvalue weighted by atomic mass is 9.88. The van der Waals surface area contributed by atoms with Gasteiger partial charge in [-0.05, 0) is 6.42 Å². The zero-order chi connectivity index (χ0) is 17.3. The maximum absolute atomic E-state index is 11.8. The Hall–Kier alpha value is -0.0100. The summed E-state index contributed by atoms with van der Waals surface area (Å²) in [4.78, 5) is 11.8. The van der Waals surface area contributed by atoms with E-state index in [1.807, 2.05) is 28.1 Å². The molecule has 0 rings (SSSR count). The van der Waals surface area contributed by atoms with Crippen molar-refractivity contribution in [2.24, 2.45) is 5.41 Å². The zero-order valence-electron chi connectivity index (χ0n) is 13.9. The SMILES string of the molecule is [CH]OCC(CC)(CO[CH])COCP(=O)([O-])OCC[N+](C)(C)C. The molecule has 0 amide bonds. The van der Waals surface area contributed by atoms with Crippen LogP contribution in [0.1, 0.15) is 13.3 Å². The number of likely N-dealkylation sites (N-methyl/N-ethyl adjacent to an activating group) is 1. The van der Waals surface area contributed by atoms with E-state index in [4.69, 9.17) is 23.5 Å². The van der Waals surface area contributed by atoms with E-state index in [0.717, 1.165) is 0 Å². The summed E-state index contributed by atoms with van der Waals surface area (Å²) in [6.07, 6.45) is 0.0912. The molecule has 8 heteroatoms. The first-order valence-corrected chi connectivity index (χ1v) is 8.79. The van der Waals surface area contributed by atoms with Crippen molar-refractivity contribution in [1.82, 2.24) is 0 Å². The molecule has 22 heavy (non-hydrogen) atoms. The van der Waals surface area contributed by atoms with Crippen molar-refractivity contribution >= 4 is 7.60 Å². The molecule has 0 fully saturated rings. The molecule has 0 aliphatic rings. The van der Waals surface area contributed by atoms with Crippen LogP contribution in [0, 0.1) is 19.6 Å². The second-order valence-corrected chi connectivity index (χ2v) is 8.15. The third-order valence-electron chi connectivity index (χ3n) is 3.24. The molecule has 0 saturated heterocycles. The minimum Gasteiger partial charge on any atom is -0.777 e. The fourth-order valence-electron chi connectivity index (χ4n) is 1.65. The van der Waals surface area contributed by atoms with Crippen molar-refractivity contribution in [3.8, 4) is 0 Å². The Balaban J connectivity index is 4.30. The smallest absolute Gasteiger partial charge is 0.160 e. The van der Waals surface area contributed by atoms with Gasteiger partial charge in [0.25, 0.3) is 0 Å². The molecular weight excluding hydrogens is 309 g/mol. The van der Waals surface area contributed by atoms with Crippen LogP contribution in [0.15, 0.2) is 0 Å². The molecule has 7 nitrogen and oxygen atoms in total. The summed E-state index contributed by atoms with van der Waals surface area (Å²) in [7, 11) is 12.0. The van der Waals surface area contributed by atoms with Gasteiger partial charge in [-0.3, -0.25) is 0 Å². The van der Waals surface area contributed by atoms with Gasteiger partial charge in [-0.15, -0.1) is 0 Å². The fourth-order valence-corrected chi connectivity index (χ4v) is 2.40. The highest BCUT2D eigenvalue weighted by Gasteiger charge is 2.29. The molecule has 0 aromatic heterocycles. The second kappa shape index (κ2) is 9.98. The Kier molecular flexibility index (Phi) is 9.98. The van der Waals surface area contributed by atoms with Crippen LogP contribution in [0.3, 0.4) is 0 Å². The number of quaternary nitrogens is 1. The maximum Gasteiger partial charge on any atom is 0.160 e. The van der Waals surface area contributed by atoms with Crippen LogP contribution in [-0.2, 0) is 23.3 Å². The first kappa shape index (κ1) is 22.0. The highest BCUT2D eigenvalue weighted by molar-refractivity contribution is 7.51. The molecular formula is C14H28NO6P. The van der Waals surface area contributed by atoms with Crippen molar-refractivity contribution in [3.05, 3.63) is 14.2 Å². The van der Waals surface area contributed by atoms with Gasteiger partial charge in [0.1, 0.15) is 33.7 Å². The van der Waals surface area contributed by atoms with Crippen LogP contribution in [0.5, 0.6) is 0 Å². The van der Waals surface area contributed by atoms with Crippen molar-refractivity contribution < 1.29 is 32.7 Å². The molecule has 0 spiro atoms. The Morgan fingerprint density at radius 1 is 1.14 bits per heavy atom. The van der Waals surface area contributed by atoms with Gasteiger partial charge in [-0.2, -0.15) is 0 Å². The molecule has 1 unspecified atom stereocenters. The predicted octanol–water partition coefficient (Wildman–Crippen LogP) is 1.00. The third kappa shape index (κ3) is 9.90. The summed E-state index contributed by atoms with van der Waals surface area (Å²) in [6.45, 7) is 2.95. The summed E-state index contributed by atoms with van der Waals surface area (Å²) in [5, 5.41) is 0. The van der Waals surface area contributed by atoms with Crippen LogP contribution in [0.4, 0.5) is 0 Å². The van der Waals surface area contributed by atoms with Gasteiger partial charge in [-0.1, -0.05) is 6.92 Å². The van der Waals surface area contributed by atoms with Crippen molar-refractivity contribution in [3.63, 3.8) is 0 Å². The molecule has 0 aromatic rings.